The third kappa shape index (κ3) is 4.78. The van der Waals surface area contributed by atoms with E-state index in [0.717, 1.165) is 19.5 Å². The average Bonchev–Trinajstić information content (AvgIpc) is 2.51. The van der Waals surface area contributed by atoms with Gasteiger partial charge in [-0.1, -0.05) is 19.1 Å². The summed E-state index contributed by atoms with van der Waals surface area (Å²) in [4.78, 5) is 2.57. The van der Waals surface area contributed by atoms with Gasteiger partial charge in [-0.05, 0) is 52.2 Å². The van der Waals surface area contributed by atoms with E-state index in [2.05, 4.69) is 30.6 Å². The lowest BCUT2D eigenvalue weighted by atomic mass is 9.90. The van der Waals surface area contributed by atoms with Crippen molar-refractivity contribution in [1.29, 1.82) is 0 Å². The van der Waals surface area contributed by atoms with Crippen LogP contribution in [-0.2, 0) is 0 Å². The van der Waals surface area contributed by atoms with Gasteiger partial charge in [-0.2, -0.15) is 0 Å². The van der Waals surface area contributed by atoms with E-state index < -0.39 is 0 Å². The minimum absolute atomic E-state index is 0.140. The molecule has 1 saturated heterocycles. The highest BCUT2D eigenvalue weighted by Gasteiger charge is 2.30. The molecule has 0 aliphatic carbocycles. The Labute approximate surface area is 106 Å². The first kappa shape index (κ1) is 14.7. The fourth-order valence-electron chi connectivity index (χ4n) is 2.58. The highest BCUT2D eigenvalue weighted by molar-refractivity contribution is 4.98. The summed E-state index contributed by atoms with van der Waals surface area (Å²) in [5.74, 6) is 0. The van der Waals surface area contributed by atoms with Gasteiger partial charge in [0.05, 0.1) is 0 Å². The minimum Gasteiger partial charge on any atom is -0.329 e. The van der Waals surface area contributed by atoms with Crippen LogP contribution in [0.25, 0.3) is 0 Å². The van der Waals surface area contributed by atoms with Crippen LogP contribution in [0.5, 0.6) is 0 Å². The van der Waals surface area contributed by atoms with Crippen molar-refractivity contribution < 1.29 is 0 Å². The normalized spacial score (nSPS) is 26.8. The number of nitrogens with zero attached hydrogens (tertiary/aromatic N) is 1. The second-order valence-electron chi connectivity index (χ2n) is 5.49. The fraction of sp³-hybridized carbons (Fsp3) is 0.857. The molecule has 100 valence electrons. The summed E-state index contributed by atoms with van der Waals surface area (Å²) in [6.45, 7) is 13.5. The smallest absolute Gasteiger partial charge is 0.0319 e. The van der Waals surface area contributed by atoms with E-state index in [1.807, 2.05) is 0 Å². The van der Waals surface area contributed by atoms with Gasteiger partial charge in [0.15, 0.2) is 0 Å². The van der Waals surface area contributed by atoms with Crippen LogP contribution < -0.4 is 11.1 Å². The monoisotopic (exact) mass is 239 g/mol. The molecule has 17 heavy (non-hydrogen) atoms. The lowest BCUT2D eigenvalue weighted by molar-refractivity contribution is 0.262. The topological polar surface area (TPSA) is 41.3 Å². The van der Waals surface area contributed by atoms with Gasteiger partial charge in [-0.3, -0.25) is 0 Å². The molecule has 1 aliphatic heterocycles. The van der Waals surface area contributed by atoms with E-state index in [-0.39, 0.29) is 5.54 Å². The Balaban J connectivity index is 2.51. The maximum absolute atomic E-state index is 6.00. The molecule has 1 unspecified atom stereocenters. The molecule has 0 radical (unpaired) electrons. The first-order valence-electron chi connectivity index (χ1n) is 6.94. The quantitative estimate of drug-likeness (QED) is 0.694. The molecule has 0 aromatic heterocycles. The number of likely N-dealkylation sites (tertiary alicyclic amines) is 1. The lowest BCUT2D eigenvalue weighted by Gasteiger charge is -2.33. The van der Waals surface area contributed by atoms with Gasteiger partial charge in [-0.15, -0.1) is 0 Å². The molecule has 1 atom stereocenters. The van der Waals surface area contributed by atoms with Gasteiger partial charge in [0.25, 0.3) is 0 Å². The Morgan fingerprint density at radius 1 is 1.41 bits per heavy atom. The van der Waals surface area contributed by atoms with Crippen LogP contribution in [0, 0.1) is 0 Å². The van der Waals surface area contributed by atoms with Gasteiger partial charge < -0.3 is 16.0 Å². The van der Waals surface area contributed by atoms with Crippen LogP contribution in [0.4, 0.5) is 0 Å². The maximum Gasteiger partial charge on any atom is 0.0319 e. The molecule has 1 rings (SSSR count). The number of rotatable bonds is 6. The van der Waals surface area contributed by atoms with Crippen molar-refractivity contribution in [3.05, 3.63) is 12.2 Å². The maximum atomic E-state index is 6.00. The lowest BCUT2D eigenvalue weighted by Crippen LogP contribution is -2.52. The van der Waals surface area contributed by atoms with E-state index in [4.69, 9.17) is 5.73 Å². The summed E-state index contributed by atoms with van der Waals surface area (Å²) in [6.07, 6.45) is 4.85. The van der Waals surface area contributed by atoms with Crippen LogP contribution in [-0.4, -0.2) is 43.2 Å². The molecule has 0 saturated carbocycles. The van der Waals surface area contributed by atoms with Crippen LogP contribution >= 0.6 is 0 Å². The van der Waals surface area contributed by atoms with E-state index in [1.165, 1.54) is 44.5 Å². The Morgan fingerprint density at radius 3 is 2.76 bits per heavy atom. The van der Waals surface area contributed by atoms with E-state index >= 15 is 0 Å². The summed E-state index contributed by atoms with van der Waals surface area (Å²) < 4.78 is 0. The SMILES string of the molecule is C=C(C)CNC1(CN)CCCN(CCC)CC1. The standard InChI is InChI=1S/C14H29N3/c1-4-8-17-9-5-6-14(12-15,7-10-17)16-11-13(2)3/h16H,2,4-12,15H2,1,3H3. The Morgan fingerprint density at radius 2 is 2.18 bits per heavy atom. The van der Waals surface area contributed by atoms with Crippen LogP contribution in [0.1, 0.15) is 39.5 Å². The highest BCUT2D eigenvalue weighted by atomic mass is 15.1. The molecule has 0 spiro atoms. The van der Waals surface area contributed by atoms with E-state index in [1.54, 1.807) is 0 Å². The first-order valence-corrected chi connectivity index (χ1v) is 6.94. The van der Waals surface area contributed by atoms with Crippen molar-refractivity contribution in [1.82, 2.24) is 10.2 Å². The predicted octanol–water partition coefficient (Wildman–Crippen LogP) is 1.75. The Bertz CT molecular complexity index is 240. The Kier molecular flexibility index (Phi) is 6.17. The van der Waals surface area contributed by atoms with Crippen molar-refractivity contribution in [3.8, 4) is 0 Å². The van der Waals surface area contributed by atoms with Crippen LogP contribution in [0.3, 0.4) is 0 Å². The van der Waals surface area contributed by atoms with E-state index in [9.17, 15) is 0 Å². The predicted molar refractivity (Wildman–Crippen MR) is 75.2 cm³/mol. The molecular formula is C14H29N3. The second-order valence-corrected chi connectivity index (χ2v) is 5.49. The third-order valence-electron chi connectivity index (χ3n) is 3.73. The summed E-state index contributed by atoms with van der Waals surface area (Å²) in [7, 11) is 0. The van der Waals surface area contributed by atoms with E-state index in [0.29, 0.717) is 0 Å². The molecule has 3 nitrogen and oxygen atoms in total. The van der Waals surface area contributed by atoms with Gasteiger partial charge in [0.2, 0.25) is 0 Å². The zero-order chi connectivity index (χ0) is 12.7. The summed E-state index contributed by atoms with van der Waals surface area (Å²) in [5.41, 5.74) is 7.33. The molecule has 0 amide bonds. The van der Waals surface area contributed by atoms with Crippen molar-refractivity contribution in [2.24, 2.45) is 5.73 Å². The summed E-state index contributed by atoms with van der Waals surface area (Å²) in [6, 6.07) is 0. The number of hydrogen-bond acceptors (Lipinski definition) is 3. The molecular weight excluding hydrogens is 210 g/mol. The third-order valence-corrected chi connectivity index (χ3v) is 3.73. The molecule has 1 heterocycles. The average molecular weight is 239 g/mol. The fourth-order valence-corrected chi connectivity index (χ4v) is 2.58. The zero-order valence-electron chi connectivity index (χ0n) is 11.6. The summed E-state index contributed by atoms with van der Waals surface area (Å²) >= 11 is 0. The summed E-state index contributed by atoms with van der Waals surface area (Å²) in [5, 5.41) is 3.64. The molecule has 0 bridgehead atoms. The first-order chi connectivity index (χ1) is 8.12. The van der Waals surface area contributed by atoms with Crippen molar-refractivity contribution in [3.63, 3.8) is 0 Å². The zero-order valence-corrected chi connectivity index (χ0v) is 11.6. The highest BCUT2D eigenvalue weighted by Crippen LogP contribution is 2.21. The molecule has 0 aromatic rings. The molecule has 1 fully saturated rings. The molecule has 3 N–H and O–H groups in total. The molecule has 3 heteroatoms. The van der Waals surface area contributed by atoms with Gasteiger partial charge in [0.1, 0.15) is 0 Å². The van der Waals surface area contributed by atoms with Gasteiger partial charge in [0, 0.05) is 18.6 Å². The largest absolute Gasteiger partial charge is 0.329 e. The van der Waals surface area contributed by atoms with Crippen molar-refractivity contribution in [2.75, 3.05) is 32.7 Å². The van der Waals surface area contributed by atoms with Crippen LogP contribution in [0.15, 0.2) is 12.2 Å². The van der Waals surface area contributed by atoms with Crippen LogP contribution in [0.2, 0.25) is 0 Å². The van der Waals surface area contributed by atoms with Crippen molar-refractivity contribution >= 4 is 0 Å². The van der Waals surface area contributed by atoms with Gasteiger partial charge >= 0.3 is 0 Å². The van der Waals surface area contributed by atoms with Crippen molar-refractivity contribution in [2.45, 2.75) is 45.1 Å². The Hall–Kier alpha value is -0.380. The minimum atomic E-state index is 0.140. The molecule has 1 aliphatic rings. The second kappa shape index (κ2) is 7.14. The number of nitrogens with two attached hydrogens (primary N) is 1. The number of hydrogen-bond donors (Lipinski definition) is 2. The number of nitrogens with one attached hydrogen (secondary N) is 1. The van der Waals surface area contributed by atoms with Gasteiger partial charge in [-0.25, -0.2) is 0 Å². The molecule has 0 aromatic carbocycles.